The normalized spacial score (nSPS) is 15.1. The Morgan fingerprint density at radius 3 is 2.58 bits per heavy atom. The Morgan fingerprint density at radius 1 is 1.21 bits per heavy atom. The average Bonchev–Trinajstić information content (AvgIpc) is 3.34. The third-order valence-corrected chi connectivity index (χ3v) is 7.73. The number of aryl methyl sites for hydroxylation is 1. The Balaban J connectivity index is 1.74. The van der Waals surface area contributed by atoms with E-state index in [9.17, 15) is 13.2 Å². The van der Waals surface area contributed by atoms with E-state index in [2.05, 4.69) is 11.2 Å². The van der Waals surface area contributed by atoms with Crippen molar-refractivity contribution in [1.82, 2.24) is 9.78 Å². The van der Waals surface area contributed by atoms with Gasteiger partial charge in [0.15, 0.2) is 4.90 Å². The van der Waals surface area contributed by atoms with Crippen LogP contribution in [0, 0.1) is 11.3 Å². The first-order chi connectivity index (χ1) is 18.2. The van der Waals surface area contributed by atoms with Crippen LogP contribution in [0.3, 0.4) is 0 Å². The summed E-state index contributed by atoms with van der Waals surface area (Å²) in [7, 11) is -4.14. The van der Waals surface area contributed by atoms with Gasteiger partial charge in [-0.1, -0.05) is 30.4 Å². The Hall–Kier alpha value is -4.30. The number of hydrogen-bond donors (Lipinski definition) is 1. The average molecular weight is 537 g/mol. The first-order valence-corrected chi connectivity index (χ1v) is 13.6. The summed E-state index contributed by atoms with van der Waals surface area (Å²) in [4.78, 5) is 11.1. The van der Waals surface area contributed by atoms with Crippen LogP contribution in [-0.2, 0) is 21.4 Å². The minimum Gasteiger partial charge on any atom is -0.486 e. The number of nitrogens with zero attached hydrogens (tertiary/aromatic N) is 4. The molecule has 2 aromatic carbocycles. The maximum absolute atomic E-state index is 14.0. The molecule has 1 unspecified atom stereocenters. The number of benzene rings is 2. The lowest BCUT2D eigenvalue weighted by atomic mass is 10.1. The van der Waals surface area contributed by atoms with E-state index in [1.807, 2.05) is 31.2 Å². The summed E-state index contributed by atoms with van der Waals surface area (Å²) in [6.07, 6.45) is 4.48. The molecule has 1 aromatic heterocycles. The summed E-state index contributed by atoms with van der Waals surface area (Å²) in [6, 6.07) is 14.4. The molecule has 1 aliphatic rings. The van der Waals surface area contributed by atoms with Gasteiger partial charge in [0.05, 0.1) is 30.5 Å². The number of sulfonamides is 1. The summed E-state index contributed by atoms with van der Waals surface area (Å²) in [5.41, 5.74) is 2.51. The maximum Gasteiger partial charge on any atom is 0.303 e. The molecule has 0 saturated carbocycles. The number of carbonyl (C=O) groups is 1. The van der Waals surface area contributed by atoms with Gasteiger partial charge in [-0.3, -0.25) is 13.8 Å². The maximum atomic E-state index is 14.0. The van der Waals surface area contributed by atoms with Gasteiger partial charge in [0.2, 0.25) is 0 Å². The Kier molecular flexibility index (Phi) is 8.02. The van der Waals surface area contributed by atoms with Crippen LogP contribution >= 0.6 is 0 Å². The molecule has 2 heterocycles. The second kappa shape index (κ2) is 11.4. The van der Waals surface area contributed by atoms with Gasteiger partial charge in [-0.25, -0.2) is 8.42 Å². The third kappa shape index (κ3) is 5.81. The third-order valence-electron chi connectivity index (χ3n) is 5.97. The number of hydrogen-bond acceptors (Lipinski definition) is 7. The molecule has 1 N–H and O–H groups in total. The number of nitriles is 1. The van der Waals surface area contributed by atoms with Crippen LogP contribution in [0.25, 0.3) is 12.2 Å². The zero-order valence-corrected chi connectivity index (χ0v) is 21.9. The molecule has 0 aliphatic carbocycles. The van der Waals surface area contributed by atoms with Crippen LogP contribution in [-0.4, -0.2) is 48.5 Å². The number of ether oxygens (including phenoxy) is 2. The number of fused-ring (bicyclic) bond motifs is 1. The smallest absolute Gasteiger partial charge is 0.303 e. The molecule has 0 bridgehead atoms. The van der Waals surface area contributed by atoms with Crippen LogP contribution in [0.15, 0.2) is 53.6 Å². The monoisotopic (exact) mass is 536 g/mol. The van der Waals surface area contributed by atoms with Crippen molar-refractivity contribution in [2.75, 3.05) is 17.5 Å². The number of carboxylic acid groups (broad SMARTS) is 1. The van der Waals surface area contributed by atoms with Gasteiger partial charge >= 0.3 is 5.97 Å². The summed E-state index contributed by atoms with van der Waals surface area (Å²) < 4.78 is 42.3. The summed E-state index contributed by atoms with van der Waals surface area (Å²) in [6.45, 7) is 4.24. The zero-order chi connectivity index (χ0) is 27.3. The largest absolute Gasteiger partial charge is 0.486 e. The first kappa shape index (κ1) is 26.8. The lowest BCUT2D eigenvalue weighted by molar-refractivity contribution is -0.137. The Bertz CT molecular complexity index is 1490. The van der Waals surface area contributed by atoms with Crippen LogP contribution in [0.2, 0.25) is 0 Å². The molecule has 0 fully saturated rings. The predicted octanol–water partition coefficient (Wildman–Crippen LogP) is 4.16. The molecule has 0 spiro atoms. The quantitative estimate of drug-likeness (QED) is 0.382. The van der Waals surface area contributed by atoms with E-state index in [0.717, 1.165) is 11.1 Å². The van der Waals surface area contributed by atoms with Crippen molar-refractivity contribution >= 4 is 33.8 Å². The van der Waals surface area contributed by atoms with E-state index in [1.165, 1.54) is 15.2 Å². The van der Waals surface area contributed by atoms with Crippen molar-refractivity contribution in [3.63, 3.8) is 0 Å². The number of rotatable bonds is 10. The second-order valence-corrected chi connectivity index (χ2v) is 10.4. The van der Waals surface area contributed by atoms with Crippen molar-refractivity contribution in [2.45, 2.75) is 44.2 Å². The fraction of sp³-hybridized carbons (Fsp3) is 0.296. The highest BCUT2D eigenvalue weighted by Crippen LogP contribution is 2.40. The Morgan fingerprint density at radius 2 is 1.92 bits per heavy atom. The standard InChI is InChI=1S/C27H28N4O6S/c1-3-30-18-25(27(29-30)36-4-2)38(34,35)31-17-22(12-14-26(32)33)37-24-13-11-20(15-23(24)31)8-5-19-6-9-21(16-28)10-7-19/h5-11,13,15,18,22H,3-4,12,14,17H2,1-2H3,(H,32,33). The van der Waals surface area contributed by atoms with Crippen LogP contribution < -0.4 is 13.8 Å². The molecule has 3 aromatic rings. The molecule has 10 nitrogen and oxygen atoms in total. The molecular formula is C27H28N4O6S. The van der Waals surface area contributed by atoms with Crippen molar-refractivity contribution in [3.8, 4) is 17.7 Å². The van der Waals surface area contributed by atoms with Gasteiger partial charge in [-0.2, -0.15) is 5.26 Å². The molecule has 0 saturated heterocycles. The van der Waals surface area contributed by atoms with Crippen molar-refractivity contribution in [1.29, 1.82) is 5.26 Å². The first-order valence-electron chi connectivity index (χ1n) is 12.2. The number of carboxylic acids is 1. The van der Waals surface area contributed by atoms with Crippen LogP contribution in [0.5, 0.6) is 11.6 Å². The molecule has 11 heteroatoms. The van der Waals surface area contributed by atoms with E-state index in [-0.39, 0.29) is 36.8 Å². The van der Waals surface area contributed by atoms with E-state index in [0.29, 0.717) is 23.5 Å². The molecular weight excluding hydrogens is 508 g/mol. The number of aromatic nitrogens is 2. The van der Waals surface area contributed by atoms with Gasteiger partial charge in [0.25, 0.3) is 15.9 Å². The van der Waals surface area contributed by atoms with Crippen molar-refractivity contribution in [2.24, 2.45) is 0 Å². The predicted molar refractivity (Wildman–Crippen MR) is 141 cm³/mol. The second-order valence-electron chi connectivity index (χ2n) is 8.59. The molecule has 38 heavy (non-hydrogen) atoms. The van der Waals surface area contributed by atoms with Crippen molar-refractivity contribution in [3.05, 3.63) is 65.4 Å². The summed E-state index contributed by atoms with van der Waals surface area (Å²) >= 11 is 0. The van der Waals surface area contributed by atoms with Crippen LogP contribution in [0.1, 0.15) is 43.4 Å². The Labute approximate surface area is 221 Å². The lowest BCUT2D eigenvalue weighted by Crippen LogP contribution is -2.43. The highest BCUT2D eigenvalue weighted by Gasteiger charge is 2.37. The molecule has 1 aliphatic heterocycles. The van der Waals surface area contributed by atoms with E-state index in [4.69, 9.17) is 19.8 Å². The topological polar surface area (TPSA) is 135 Å². The minimum atomic E-state index is -4.14. The summed E-state index contributed by atoms with van der Waals surface area (Å²) in [5, 5.41) is 22.4. The van der Waals surface area contributed by atoms with Gasteiger partial charge in [0, 0.05) is 19.2 Å². The van der Waals surface area contributed by atoms with Crippen LogP contribution in [0.4, 0.5) is 5.69 Å². The van der Waals surface area contributed by atoms with E-state index in [1.54, 1.807) is 37.3 Å². The molecule has 198 valence electrons. The SMILES string of the molecule is CCOc1nn(CC)cc1S(=O)(=O)N1CC(CCC(=O)O)Oc2ccc(C=Cc3ccc(C#N)cc3)cc21. The fourth-order valence-electron chi connectivity index (χ4n) is 4.04. The highest BCUT2D eigenvalue weighted by molar-refractivity contribution is 7.93. The number of anilines is 1. The van der Waals surface area contributed by atoms with Gasteiger partial charge in [0.1, 0.15) is 11.9 Å². The van der Waals surface area contributed by atoms with E-state index < -0.39 is 22.1 Å². The van der Waals surface area contributed by atoms with Crippen molar-refractivity contribution < 1.29 is 27.8 Å². The van der Waals surface area contributed by atoms with Gasteiger partial charge in [-0.05, 0) is 55.7 Å². The number of aliphatic carboxylic acids is 1. The van der Waals surface area contributed by atoms with Gasteiger partial charge in [-0.15, -0.1) is 5.10 Å². The molecule has 0 amide bonds. The summed E-state index contributed by atoms with van der Waals surface area (Å²) in [5.74, 6) is -0.632. The highest BCUT2D eigenvalue weighted by atomic mass is 32.2. The molecule has 0 radical (unpaired) electrons. The lowest BCUT2D eigenvalue weighted by Gasteiger charge is -2.35. The van der Waals surface area contributed by atoms with Gasteiger partial charge < -0.3 is 14.6 Å². The molecule has 1 atom stereocenters. The minimum absolute atomic E-state index is 0.0151. The fourth-order valence-corrected chi connectivity index (χ4v) is 5.61. The van der Waals surface area contributed by atoms with E-state index >= 15 is 0 Å². The molecule has 4 rings (SSSR count). The zero-order valence-electron chi connectivity index (χ0n) is 21.1.